The molecule has 0 radical (unpaired) electrons. The number of piperazine rings is 1. The number of methoxy groups -OCH3 is 1. The van der Waals surface area contributed by atoms with E-state index >= 15 is 0 Å². The number of aromatic nitrogens is 2. The average Bonchev–Trinajstić information content (AvgIpc) is 3.22. The third-order valence-corrected chi connectivity index (χ3v) is 6.08. The van der Waals surface area contributed by atoms with E-state index in [9.17, 15) is 9.59 Å². The Labute approximate surface area is 188 Å². The SMILES string of the molecule is COc1ccc([C@H]2CN(C(=O)c3ccccc3Cn3ccnc3C)CCN2C(C)=O)cc1. The molecule has 7 heteroatoms. The predicted molar refractivity (Wildman–Crippen MR) is 122 cm³/mol. The van der Waals surface area contributed by atoms with E-state index in [1.807, 2.05) is 76.0 Å². The number of nitrogens with zero attached hydrogens (tertiary/aromatic N) is 4. The van der Waals surface area contributed by atoms with Crippen LogP contribution >= 0.6 is 0 Å². The van der Waals surface area contributed by atoms with Gasteiger partial charge in [0.1, 0.15) is 11.6 Å². The monoisotopic (exact) mass is 432 g/mol. The van der Waals surface area contributed by atoms with Crippen LogP contribution in [0.2, 0.25) is 0 Å². The van der Waals surface area contributed by atoms with Gasteiger partial charge in [-0.1, -0.05) is 30.3 Å². The maximum absolute atomic E-state index is 13.6. The number of hydrogen-bond donors (Lipinski definition) is 0. The van der Waals surface area contributed by atoms with Crippen LogP contribution in [0.3, 0.4) is 0 Å². The molecule has 166 valence electrons. The molecule has 2 aromatic carbocycles. The number of rotatable bonds is 5. The fourth-order valence-corrected chi connectivity index (χ4v) is 4.25. The second-order valence-corrected chi connectivity index (χ2v) is 8.01. The number of aryl methyl sites for hydroxylation is 1. The highest BCUT2D eigenvalue weighted by Crippen LogP contribution is 2.28. The summed E-state index contributed by atoms with van der Waals surface area (Å²) in [7, 11) is 1.63. The van der Waals surface area contributed by atoms with Crippen molar-refractivity contribution in [3.63, 3.8) is 0 Å². The summed E-state index contributed by atoms with van der Waals surface area (Å²) < 4.78 is 7.29. The molecule has 1 fully saturated rings. The van der Waals surface area contributed by atoms with Crippen molar-refractivity contribution >= 4 is 11.8 Å². The molecule has 2 heterocycles. The Hall–Kier alpha value is -3.61. The zero-order valence-electron chi connectivity index (χ0n) is 18.7. The molecule has 0 N–H and O–H groups in total. The fraction of sp³-hybridized carbons (Fsp3) is 0.320. The van der Waals surface area contributed by atoms with Crippen LogP contribution < -0.4 is 4.74 Å². The lowest BCUT2D eigenvalue weighted by molar-refractivity contribution is -0.133. The van der Waals surface area contributed by atoms with E-state index in [1.54, 1.807) is 20.2 Å². The van der Waals surface area contributed by atoms with E-state index in [0.29, 0.717) is 31.7 Å². The first kappa shape index (κ1) is 21.6. The van der Waals surface area contributed by atoms with Gasteiger partial charge in [0.2, 0.25) is 5.91 Å². The molecule has 1 atom stereocenters. The quantitative estimate of drug-likeness (QED) is 0.621. The van der Waals surface area contributed by atoms with Gasteiger partial charge in [-0.2, -0.15) is 0 Å². The summed E-state index contributed by atoms with van der Waals surface area (Å²) in [6.45, 7) is 5.57. The lowest BCUT2D eigenvalue weighted by atomic mass is 10.00. The first-order chi connectivity index (χ1) is 15.5. The van der Waals surface area contributed by atoms with Crippen LogP contribution in [0.5, 0.6) is 5.75 Å². The van der Waals surface area contributed by atoms with Crippen molar-refractivity contribution in [1.29, 1.82) is 0 Å². The normalized spacial score (nSPS) is 16.2. The first-order valence-electron chi connectivity index (χ1n) is 10.7. The molecule has 0 bridgehead atoms. The average molecular weight is 433 g/mol. The van der Waals surface area contributed by atoms with E-state index in [4.69, 9.17) is 4.74 Å². The van der Waals surface area contributed by atoms with E-state index < -0.39 is 0 Å². The fourth-order valence-electron chi connectivity index (χ4n) is 4.25. The Balaban J connectivity index is 1.59. The smallest absolute Gasteiger partial charge is 0.254 e. The van der Waals surface area contributed by atoms with Gasteiger partial charge in [-0.05, 0) is 36.2 Å². The highest BCUT2D eigenvalue weighted by atomic mass is 16.5. The van der Waals surface area contributed by atoms with Gasteiger partial charge in [-0.25, -0.2) is 4.98 Å². The minimum absolute atomic E-state index is 0.00824. The molecule has 7 nitrogen and oxygen atoms in total. The number of ether oxygens (including phenoxy) is 1. The van der Waals surface area contributed by atoms with Crippen LogP contribution in [-0.2, 0) is 11.3 Å². The van der Waals surface area contributed by atoms with E-state index in [0.717, 1.165) is 22.7 Å². The van der Waals surface area contributed by atoms with E-state index in [1.165, 1.54) is 0 Å². The summed E-state index contributed by atoms with van der Waals surface area (Å²) in [5.74, 6) is 1.66. The summed E-state index contributed by atoms with van der Waals surface area (Å²) >= 11 is 0. The molecule has 0 aliphatic carbocycles. The summed E-state index contributed by atoms with van der Waals surface area (Å²) in [4.78, 5) is 33.8. The van der Waals surface area contributed by atoms with Crippen LogP contribution in [0.25, 0.3) is 0 Å². The zero-order chi connectivity index (χ0) is 22.7. The molecular weight excluding hydrogens is 404 g/mol. The van der Waals surface area contributed by atoms with Crippen LogP contribution in [0.4, 0.5) is 0 Å². The lowest BCUT2D eigenvalue weighted by Crippen LogP contribution is -2.52. The predicted octanol–water partition coefficient (Wildman–Crippen LogP) is 3.29. The third-order valence-electron chi connectivity index (χ3n) is 6.08. The van der Waals surface area contributed by atoms with Crippen molar-refractivity contribution in [3.8, 4) is 5.75 Å². The van der Waals surface area contributed by atoms with Crippen LogP contribution in [-0.4, -0.2) is 57.9 Å². The van der Waals surface area contributed by atoms with Crippen molar-refractivity contribution in [2.45, 2.75) is 26.4 Å². The minimum Gasteiger partial charge on any atom is -0.497 e. The largest absolute Gasteiger partial charge is 0.497 e. The zero-order valence-corrected chi connectivity index (χ0v) is 18.7. The van der Waals surface area contributed by atoms with Crippen LogP contribution in [0.1, 0.15) is 40.3 Å². The lowest BCUT2D eigenvalue weighted by Gasteiger charge is -2.41. The molecule has 2 amide bonds. The van der Waals surface area contributed by atoms with Gasteiger partial charge in [-0.3, -0.25) is 9.59 Å². The Morgan fingerprint density at radius 2 is 1.84 bits per heavy atom. The Morgan fingerprint density at radius 3 is 2.50 bits per heavy atom. The molecule has 0 unspecified atom stereocenters. The van der Waals surface area contributed by atoms with Crippen LogP contribution in [0, 0.1) is 6.92 Å². The van der Waals surface area contributed by atoms with Gasteiger partial charge in [0.25, 0.3) is 5.91 Å². The molecule has 4 rings (SSSR count). The standard InChI is InChI=1S/C25H28N4O3/c1-18-26-12-13-27(18)16-21-6-4-5-7-23(21)25(31)28-14-15-29(19(2)30)24(17-28)20-8-10-22(32-3)11-9-20/h4-13,24H,14-17H2,1-3H3/t24-/m1/s1. The maximum atomic E-state index is 13.6. The number of benzene rings is 2. The third kappa shape index (κ3) is 4.37. The molecule has 3 aromatic rings. The summed E-state index contributed by atoms with van der Waals surface area (Å²) in [6, 6.07) is 15.2. The van der Waals surface area contributed by atoms with Crippen molar-refractivity contribution in [1.82, 2.24) is 19.4 Å². The number of carbonyl (C=O) groups is 2. The number of imidazole rings is 1. The van der Waals surface area contributed by atoms with Crippen molar-refractivity contribution in [2.24, 2.45) is 0 Å². The maximum Gasteiger partial charge on any atom is 0.254 e. The summed E-state index contributed by atoms with van der Waals surface area (Å²) in [5.41, 5.74) is 2.62. The van der Waals surface area contributed by atoms with Gasteiger partial charge >= 0.3 is 0 Å². The number of amides is 2. The second-order valence-electron chi connectivity index (χ2n) is 8.01. The number of carbonyl (C=O) groups excluding carboxylic acids is 2. The molecule has 1 aromatic heterocycles. The van der Waals surface area contributed by atoms with E-state index in [2.05, 4.69) is 4.98 Å². The van der Waals surface area contributed by atoms with Gasteiger partial charge in [-0.15, -0.1) is 0 Å². The Kier molecular flexibility index (Phi) is 6.25. The number of hydrogen-bond acceptors (Lipinski definition) is 4. The molecule has 1 aliphatic rings. The molecule has 1 saturated heterocycles. The minimum atomic E-state index is -0.195. The molecule has 0 spiro atoms. The highest BCUT2D eigenvalue weighted by molar-refractivity contribution is 5.96. The Morgan fingerprint density at radius 1 is 1.09 bits per heavy atom. The highest BCUT2D eigenvalue weighted by Gasteiger charge is 2.33. The van der Waals surface area contributed by atoms with Crippen LogP contribution in [0.15, 0.2) is 60.9 Å². The van der Waals surface area contributed by atoms with Gasteiger partial charge < -0.3 is 19.1 Å². The Bertz CT molecular complexity index is 1110. The van der Waals surface area contributed by atoms with Crippen molar-refractivity contribution < 1.29 is 14.3 Å². The molecule has 0 saturated carbocycles. The molecule has 32 heavy (non-hydrogen) atoms. The van der Waals surface area contributed by atoms with Gasteiger partial charge in [0.15, 0.2) is 0 Å². The van der Waals surface area contributed by atoms with E-state index in [-0.39, 0.29) is 17.9 Å². The molecule has 1 aliphatic heterocycles. The first-order valence-corrected chi connectivity index (χ1v) is 10.7. The molecular formula is C25H28N4O3. The summed E-state index contributed by atoms with van der Waals surface area (Å²) in [5, 5.41) is 0. The van der Waals surface area contributed by atoms with Gasteiger partial charge in [0.05, 0.1) is 13.2 Å². The van der Waals surface area contributed by atoms with Crippen molar-refractivity contribution in [2.75, 3.05) is 26.7 Å². The van der Waals surface area contributed by atoms with Gasteiger partial charge in [0, 0.05) is 51.1 Å². The van der Waals surface area contributed by atoms with Crippen molar-refractivity contribution in [3.05, 3.63) is 83.4 Å². The second kappa shape index (κ2) is 9.26. The summed E-state index contributed by atoms with van der Waals surface area (Å²) in [6.07, 6.45) is 3.68. The topological polar surface area (TPSA) is 67.7 Å².